The molecular formula is C12H13NO3. The van der Waals surface area contributed by atoms with Crippen molar-refractivity contribution >= 4 is 17.6 Å². The lowest BCUT2D eigenvalue weighted by molar-refractivity contribution is -0.132. The minimum atomic E-state index is -1.05. The number of rotatable bonds is 3. The van der Waals surface area contributed by atoms with Gasteiger partial charge in [-0.25, -0.2) is 4.79 Å². The molecule has 0 aliphatic carbocycles. The first kappa shape index (κ1) is 12.0. The molecule has 0 unspecified atom stereocenters. The van der Waals surface area contributed by atoms with Crippen LogP contribution >= 0.6 is 0 Å². The van der Waals surface area contributed by atoms with Gasteiger partial charge in [-0.3, -0.25) is 4.79 Å². The number of hydrogen-bond acceptors (Lipinski definition) is 2. The summed E-state index contributed by atoms with van der Waals surface area (Å²) in [6.07, 6.45) is 0. The van der Waals surface area contributed by atoms with Crippen LogP contribution in [0.15, 0.2) is 35.9 Å². The Labute approximate surface area is 93.6 Å². The predicted octanol–water partition coefficient (Wildman–Crippen LogP) is 1.64. The molecule has 0 aromatic heterocycles. The van der Waals surface area contributed by atoms with E-state index in [4.69, 9.17) is 5.11 Å². The summed E-state index contributed by atoms with van der Waals surface area (Å²) in [4.78, 5) is 21.9. The number of amides is 1. The molecule has 1 aromatic rings. The Kier molecular flexibility index (Phi) is 3.83. The van der Waals surface area contributed by atoms with Gasteiger partial charge in [-0.1, -0.05) is 30.3 Å². The summed E-state index contributed by atoms with van der Waals surface area (Å²) in [5.41, 5.74) is 1.12. The molecule has 0 saturated heterocycles. The fourth-order valence-corrected chi connectivity index (χ4v) is 1.27. The average molecular weight is 219 g/mol. The first-order valence-corrected chi connectivity index (χ1v) is 4.79. The molecule has 0 fully saturated rings. The van der Waals surface area contributed by atoms with Crippen molar-refractivity contribution < 1.29 is 14.7 Å². The maximum Gasteiger partial charge on any atom is 0.333 e. The number of hydrogen-bond donors (Lipinski definition) is 2. The Bertz CT molecular complexity index is 435. The Morgan fingerprint density at radius 2 is 1.69 bits per heavy atom. The number of carboxylic acid groups (broad SMARTS) is 1. The zero-order valence-corrected chi connectivity index (χ0v) is 9.15. The average Bonchev–Trinajstić information content (AvgIpc) is 2.26. The summed E-state index contributed by atoms with van der Waals surface area (Å²) < 4.78 is 0. The molecule has 0 spiro atoms. The second kappa shape index (κ2) is 5.11. The summed E-state index contributed by atoms with van der Waals surface area (Å²) in [5, 5.41) is 11.5. The lowest BCUT2D eigenvalue weighted by Gasteiger charge is -2.10. The Hall–Kier alpha value is -2.10. The van der Waals surface area contributed by atoms with Crippen molar-refractivity contribution in [2.24, 2.45) is 0 Å². The van der Waals surface area contributed by atoms with Gasteiger partial charge in [0.1, 0.15) is 0 Å². The molecule has 0 aliphatic rings. The Morgan fingerprint density at radius 3 is 2.12 bits per heavy atom. The van der Waals surface area contributed by atoms with Gasteiger partial charge in [0.05, 0.1) is 11.3 Å². The van der Waals surface area contributed by atoms with Crippen molar-refractivity contribution in [1.82, 2.24) is 5.32 Å². The molecule has 0 radical (unpaired) electrons. The SMILES string of the molecule is CC(=O)N/C(=C(\C)C(=O)O)c1ccccc1. The largest absolute Gasteiger partial charge is 0.478 e. The van der Waals surface area contributed by atoms with Crippen LogP contribution in [0.4, 0.5) is 0 Å². The summed E-state index contributed by atoms with van der Waals surface area (Å²) in [7, 11) is 0. The van der Waals surface area contributed by atoms with Crippen LogP contribution in [0.3, 0.4) is 0 Å². The molecule has 0 bridgehead atoms. The van der Waals surface area contributed by atoms with Gasteiger partial charge in [0.2, 0.25) is 5.91 Å². The highest BCUT2D eigenvalue weighted by Crippen LogP contribution is 2.15. The van der Waals surface area contributed by atoms with Crippen molar-refractivity contribution in [3.8, 4) is 0 Å². The van der Waals surface area contributed by atoms with E-state index in [2.05, 4.69) is 5.32 Å². The van der Waals surface area contributed by atoms with E-state index in [1.807, 2.05) is 6.07 Å². The highest BCUT2D eigenvalue weighted by molar-refractivity contribution is 5.98. The van der Waals surface area contributed by atoms with Crippen LogP contribution in [0.2, 0.25) is 0 Å². The molecule has 0 saturated carbocycles. The van der Waals surface area contributed by atoms with Crippen molar-refractivity contribution in [2.75, 3.05) is 0 Å². The molecule has 1 rings (SSSR count). The smallest absolute Gasteiger partial charge is 0.333 e. The van der Waals surface area contributed by atoms with Crippen molar-refractivity contribution in [3.05, 3.63) is 41.5 Å². The second-order valence-corrected chi connectivity index (χ2v) is 3.35. The Balaban J connectivity index is 3.21. The summed E-state index contributed by atoms with van der Waals surface area (Å²) in [6, 6.07) is 8.89. The van der Waals surface area contributed by atoms with E-state index < -0.39 is 5.97 Å². The van der Waals surface area contributed by atoms with Crippen LogP contribution in [0, 0.1) is 0 Å². The number of benzene rings is 1. The van der Waals surface area contributed by atoms with E-state index in [0.717, 1.165) is 0 Å². The van der Waals surface area contributed by atoms with Crippen molar-refractivity contribution in [3.63, 3.8) is 0 Å². The number of carbonyl (C=O) groups excluding carboxylic acids is 1. The maximum atomic E-state index is 11.0. The maximum absolute atomic E-state index is 11.0. The first-order valence-electron chi connectivity index (χ1n) is 4.79. The van der Waals surface area contributed by atoms with E-state index >= 15 is 0 Å². The second-order valence-electron chi connectivity index (χ2n) is 3.35. The fourth-order valence-electron chi connectivity index (χ4n) is 1.27. The highest BCUT2D eigenvalue weighted by atomic mass is 16.4. The van der Waals surface area contributed by atoms with E-state index in [1.54, 1.807) is 24.3 Å². The topological polar surface area (TPSA) is 66.4 Å². The summed E-state index contributed by atoms with van der Waals surface area (Å²) in [6.45, 7) is 2.80. The monoisotopic (exact) mass is 219 g/mol. The van der Waals surface area contributed by atoms with Crippen molar-refractivity contribution in [2.45, 2.75) is 13.8 Å². The molecule has 4 heteroatoms. The minimum absolute atomic E-state index is 0.112. The third kappa shape index (κ3) is 2.95. The van der Waals surface area contributed by atoms with Crippen LogP contribution in [0.1, 0.15) is 19.4 Å². The number of carboxylic acids is 1. The van der Waals surface area contributed by atoms with Crippen molar-refractivity contribution in [1.29, 1.82) is 0 Å². The summed E-state index contributed by atoms with van der Waals surface area (Å²) in [5.74, 6) is -1.34. The number of nitrogens with one attached hydrogen (secondary N) is 1. The molecule has 4 nitrogen and oxygen atoms in total. The molecule has 84 valence electrons. The van der Waals surface area contributed by atoms with Gasteiger partial charge in [0, 0.05) is 6.92 Å². The predicted molar refractivity (Wildman–Crippen MR) is 60.5 cm³/mol. The van der Waals surface area contributed by atoms with E-state index in [1.165, 1.54) is 13.8 Å². The third-order valence-electron chi connectivity index (χ3n) is 2.06. The van der Waals surface area contributed by atoms with Crippen LogP contribution in [0.5, 0.6) is 0 Å². The van der Waals surface area contributed by atoms with Crippen LogP contribution < -0.4 is 5.32 Å². The lowest BCUT2D eigenvalue weighted by atomic mass is 10.1. The molecule has 0 aliphatic heterocycles. The van der Waals surface area contributed by atoms with Gasteiger partial charge in [0.25, 0.3) is 0 Å². The Morgan fingerprint density at radius 1 is 1.12 bits per heavy atom. The normalized spacial score (nSPS) is 11.6. The third-order valence-corrected chi connectivity index (χ3v) is 2.06. The fraction of sp³-hybridized carbons (Fsp3) is 0.167. The summed E-state index contributed by atoms with van der Waals surface area (Å²) >= 11 is 0. The van der Waals surface area contributed by atoms with E-state index in [0.29, 0.717) is 11.3 Å². The standard InChI is InChI=1S/C12H13NO3/c1-8(12(15)16)11(13-9(2)14)10-6-4-3-5-7-10/h3-7H,1-2H3,(H,13,14)(H,15,16)/b11-8+. The van der Waals surface area contributed by atoms with Crippen LogP contribution in [-0.2, 0) is 9.59 Å². The highest BCUT2D eigenvalue weighted by Gasteiger charge is 2.12. The van der Waals surface area contributed by atoms with Gasteiger partial charge in [-0.05, 0) is 12.5 Å². The minimum Gasteiger partial charge on any atom is -0.478 e. The van der Waals surface area contributed by atoms with Gasteiger partial charge in [-0.2, -0.15) is 0 Å². The zero-order chi connectivity index (χ0) is 12.1. The van der Waals surface area contributed by atoms with Crippen LogP contribution in [0.25, 0.3) is 5.70 Å². The van der Waals surface area contributed by atoms with E-state index in [-0.39, 0.29) is 11.5 Å². The molecule has 0 atom stereocenters. The van der Waals surface area contributed by atoms with Gasteiger partial charge < -0.3 is 10.4 Å². The molecular weight excluding hydrogens is 206 g/mol. The first-order chi connectivity index (χ1) is 7.52. The zero-order valence-electron chi connectivity index (χ0n) is 9.15. The molecule has 2 N–H and O–H groups in total. The lowest BCUT2D eigenvalue weighted by Crippen LogP contribution is -2.21. The molecule has 1 aromatic carbocycles. The number of aliphatic carboxylic acids is 1. The van der Waals surface area contributed by atoms with Gasteiger partial charge in [-0.15, -0.1) is 0 Å². The van der Waals surface area contributed by atoms with Gasteiger partial charge >= 0.3 is 5.97 Å². The van der Waals surface area contributed by atoms with Crippen LogP contribution in [-0.4, -0.2) is 17.0 Å². The molecule has 1 amide bonds. The molecule has 0 heterocycles. The quantitative estimate of drug-likeness (QED) is 0.759. The van der Waals surface area contributed by atoms with Gasteiger partial charge in [0.15, 0.2) is 0 Å². The number of carbonyl (C=O) groups is 2. The molecule has 16 heavy (non-hydrogen) atoms. The van der Waals surface area contributed by atoms with E-state index in [9.17, 15) is 9.59 Å².